The van der Waals surface area contributed by atoms with E-state index in [-0.39, 0.29) is 11.8 Å². The lowest BCUT2D eigenvalue weighted by molar-refractivity contribution is -0.119. The Kier molecular flexibility index (Phi) is 6.95. The zero-order chi connectivity index (χ0) is 21.8. The minimum Gasteiger partial charge on any atom is -0.493 e. The van der Waals surface area contributed by atoms with E-state index in [1.807, 2.05) is 0 Å². The van der Waals surface area contributed by atoms with Crippen molar-refractivity contribution in [2.75, 3.05) is 33.2 Å². The highest BCUT2D eigenvalue weighted by atomic mass is 35.5. The Morgan fingerprint density at radius 1 is 0.967 bits per heavy atom. The number of nitrogens with zero attached hydrogens (tertiary/aromatic N) is 1. The summed E-state index contributed by atoms with van der Waals surface area (Å²) in [4.78, 5) is 27.6. The molecule has 0 bridgehead atoms. The van der Waals surface area contributed by atoms with Gasteiger partial charge in [0.15, 0.2) is 11.5 Å². The largest absolute Gasteiger partial charge is 0.493 e. The molecule has 2 amide bonds. The van der Waals surface area contributed by atoms with Crippen LogP contribution in [-0.4, -0.2) is 50.6 Å². The van der Waals surface area contributed by atoms with Gasteiger partial charge in [-0.15, -0.1) is 0 Å². The van der Waals surface area contributed by atoms with E-state index >= 15 is 0 Å². The molecule has 1 heterocycles. The van der Waals surface area contributed by atoms with Crippen LogP contribution in [0.2, 0.25) is 10.0 Å². The molecule has 1 N–H and O–H groups in total. The lowest BCUT2D eigenvalue weighted by Crippen LogP contribution is -2.43. The SMILES string of the molecule is COc1cc(C(=O)N2CCCC2C(=O)Nc2cc(Cl)cc(Cl)c2)cc(OC)c1OC. The predicted octanol–water partition coefficient (Wildman–Crippen LogP) is 4.26. The molecule has 0 aliphatic carbocycles. The van der Waals surface area contributed by atoms with Gasteiger partial charge < -0.3 is 24.4 Å². The van der Waals surface area contributed by atoms with Gasteiger partial charge in [0.1, 0.15) is 6.04 Å². The van der Waals surface area contributed by atoms with Crippen molar-refractivity contribution in [2.45, 2.75) is 18.9 Å². The summed E-state index contributed by atoms with van der Waals surface area (Å²) < 4.78 is 16.0. The molecule has 0 radical (unpaired) electrons. The number of hydrogen-bond donors (Lipinski definition) is 1. The lowest BCUT2D eigenvalue weighted by Gasteiger charge is -2.25. The van der Waals surface area contributed by atoms with Gasteiger partial charge in [-0.05, 0) is 43.2 Å². The van der Waals surface area contributed by atoms with Crippen LogP contribution in [0.4, 0.5) is 5.69 Å². The van der Waals surface area contributed by atoms with Crippen molar-refractivity contribution in [3.8, 4) is 17.2 Å². The van der Waals surface area contributed by atoms with E-state index in [4.69, 9.17) is 37.4 Å². The van der Waals surface area contributed by atoms with Gasteiger partial charge in [-0.2, -0.15) is 0 Å². The van der Waals surface area contributed by atoms with Crippen molar-refractivity contribution in [1.82, 2.24) is 4.90 Å². The van der Waals surface area contributed by atoms with E-state index in [0.29, 0.717) is 57.9 Å². The second-order valence-corrected chi connectivity index (χ2v) is 7.59. The monoisotopic (exact) mass is 452 g/mol. The number of likely N-dealkylation sites (tertiary alicyclic amines) is 1. The predicted molar refractivity (Wildman–Crippen MR) is 115 cm³/mol. The molecule has 1 fully saturated rings. The van der Waals surface area contributed by atoms with Crippen LogP contribution >= 0.6 is 23.2 Å². The standard InChI is InChI=1S/C21H22Cl2N2O5/c1-28-17-7-12(8-18(29-2)19(17)30-3)21(27)25-6-4-5-16(25)20(26)24-15-10-13(22)9-14(23)11-15/h7-11,16H,4-6H2,1-3H3,(H,24,26). The Balaban J connectivity index is 1.84. The molecule has 2 aromatic carbocycles. The van der Waals surface area contributed by atoms with Crippen molar-refractivity contribution >= 4 is 40.7 Å². The summed E-state index contributed by atoms with van der Waals surface area (Å²) in [5.74, 6) is 0.538. The zero-order valence-electron chi connectivity index (χ0n) is 16.8. The topological polar surface area (TPSA) is 77.1 Å². The van der Waals surface area contributed by atoms with Crippen molar-refractivity contribution in [3.63, 3.8) is 0 Å². The van der Waals surface area contributed by atoms with Gasteiger partial charge in [0.2, 0.25) is 11.7 Å². The second kappa shape index (κ2) is 9.45. The van der Waals surface area contributed by atoms with E-state index in [2.05, 4.69) is 5.32 Å². The summed E-state index contributed by atoms with van der Waals surface area (Å²) in [6.07, 6.45) is 1.26. The first-order valence-corrected chi connectivity index (χ1v) is 10.0. The first-order chi connectivity index (χ1) is 14.4. The number of carbonyl (C=O) groups excluding carboxylic acids is 2. The molecule has 7 nitrogen and oxygen atoms in total. The molecule has 30 heavy (non-hydrogen) atoms. The van der Waals surface area contributed by atoms with Gasteiger partial charge >= 0.3 is 0 Å². The first kappa shape index (κ1) is 22.1. The molecule has 1 saturated heterocycles. The fraction of sp³-hybridized carbons (Fsp3) is 0.333. The molecule has 1 unspecified atom stereocenters. The number of amides is 2. The Morgan fingerprint density at radius 3 is 2.10 bits per heavy atom. The Morgan fingerprint density at radius 2 is 1.57 bits per heavy atom. The number of ether oxygens (including phenoxy) is 3. The van der Waals surface area contributed by atoms with E-state index in [1.165, 1.54) is 21.3 Å². The third-order valence-corrected chi connectivity index (χ3v) is 5.29. The molecule has 9 heteroatoms. The van der Waals surface area contributed by atoms with E-state index in [1.54, 1.807) is 35.2 Å². The van der Waals surface area contributed by atoms with Gasteiger partial charge in [0.25, 0.3) is 5.91 Å². The molecular weight excluding hydrogens is 431 g/mol. The molecule has 1 atom stereocenters. The Hall–Kier alpha value is -2.64. The summed E-state index contributed by atoms with van der Waals surface area (Å²) >= 11 is 12.0. The molecule has 2 aromatic rings. The molecule has 3 rings (SSSR count). The van der Waals surface area contributed by atoms with Crippen LogP contribution in [0.3, 0.4) is 0 Å². The number of methoxy groups -OCH3 is 3. The number of rotatable bonds is 6. The molecule has 0 saturated carbocycles. The molecule has 160 valence electrons. The first-order valence-electron chi connectivity index (χ1n) is 9.26. The van der Waals surface area contributed by atoms with E-state index in [0.717, 1.165) is 0 Å². The van der Waals surface area contributed by atoms with E-state index in [9.17, 15) is 9.59 Å². The zero-order valence-corrected chi connectivity index (χ0v) is 18.3. The average molecular weight is 453 g/mol. The molecular formula is C21H22Cl2N2O5. The smallest absolute Gasteiger partial charge is 0.254 e. The summed E-state index contributed by atoms with van der Waals surface area (Å²) in [6, 6.07) is 7.32. The van der Waals surface area contributed by atoms with Crippen LogP contribution in [0.5, 0.6) is 17.2 Å². The molecule has 1 aliphatic heterocycles. The summed E-state index contributed by atoms with van der Waals surface area (Å²) in [6.45, 7) is 0.462. The van der Waals surface area contributed by atoms with Crippen LogP contribution in [0.25, 0.3) is 0 Å². The minimum atomic E-state index is -0.616. The fourth-order valence-electron chi connectivity index (χ4n) is 3.50. The quantitative estimate of drug-likeness (QED) is 0.708. The summed E-state index contributed by atoms with van der Waals surface area (Å²) in [5.41, 5.74) is 0.819. The van der Waals surface area contributed by atoms with Gasteiger partial charge in [0.05, 0.1) is 21.3 Å². The number of nitrogens with one attached hydrogen (secondary N) is 1. The van der Waals surface area contributed by atoms with Crippen LogP contribution < -0.4 is 19.5 Å². The minimum absolute atomic E-state index is 0.295. The van der Waals surface area contributed by atoms with Gasteiger partial charge in [-0.3, -0.25) is 9.59 Å². The Bertz CT molecular complexity index is 921. The number of anilines is 1. The molecule has 0 aromatic heterocycles. The maximum absolute atomic E-state index is 13.2. The highest BCUT2D eigenvalue weighted by molar-refractivity contribution is 6.35. The van der Waals surface area contributed by atoms with Gasteiger partial charge in [-0.25, -0.2) is 0 Å². The third-order valence-electron chi connectivity index (χ3n) is 4.86. The van der Waals surface area contributed by atoms with E-state index < -0.39 is 6.04 Å². The second-order valence-electron chi connectivity index (χ2n) is 6.72. The van der Waals surface area contributed by atoms with Crippen molar-refractivity contribution in [2.24, 2.45) is 0 Å². The van der Waals surface area contributed by atoms with Crippen LogP contribution in [-0.2, 0) is 4.79 Å². The highest BCUT2D eigenvalue weighted by Gasteiger charge is 2.35. The number of carbonyl (C=O) groups is 2. The normalized spacial score (nSPS) is 15.6. The van der Waals surface area contributed by atoms with Gasteiger partial charge in [-0.1, -0.05) is 23.2 Å². The average Bonchev–Trinajstić information content (AvgIpc) is 3.21. The molecule has 1 aliphatic rings. The van der Waals surface area contributed by atoms with Crippen LogP contribution in [0.1, 0.15) is 23.2 Å². The highest BCUT2D eigenvalue weighted by Crippen LogP contribution is 2.39. The third kappa shape index (κ3) is 4.57. The Labute approximate surface area is 184 Å². The van der Waals surface area contributed by atoms with Crippen molar-refractivity contribution in [3.05, 3.63) is 45.9 Å². The van der Waals surface area contributed by atoms with Crippen LogP contribution in [0.15, 0.2) is 30.3 Å². The number of halogens is 2. The number of benzene rings is 2. The number of hydrogen-bond acceptors (Lipinski definition) is 5. The lowest BCUT2D eigenvalue weighted by atomic mass is 10.1. The van der Waals surface area contributed by atoms with Gasteiger partial charge in [0, 0.05) is 27.8 Å². The van der Waals surface area contributed by atoms with Crippen molar-refractivity contribution < 1.29 is 23.8 Å². The maximum Gasteiger partial charge on any atom is 0.254 e. The van der Waals surface area contributed by atoms with Crippen LogP contribution in [0, 0.1) is 0 Å². The molecule has 0 spiro atoms. The fourth-order valence-corrected chi connectivity index (χ4v) is 4.03. The summed E-state index contributed by atoms with van der Waals surface area (Å²) in [7, 11) is 4.45. The maximum atomic E-state index is 13.2. The van der Waals surface area contributed by atoms with Crippen molar-refractivity contribution in [1.29, 1.82) is 0 Å². The summed E-state index contributed by atoms with van der Waals surface area (Å²) in [5, 5.41) is 3.62.